The minimum absolute atomic E-state index is 0.0989. The van der Waals surface area contributed by atoms with Gasteiger partial charge in [0.15, 0.2) is 34.9 Å². The predicted molar refractivity (Wildman–Crippen MR) is 99.8 cm³/mol. The molecule has 0 amide bonds. The third-order valence-corrected chi connectivity index (χ3v) is 4.48. The van der Waals surface area contributed by atoms with Crippen molar-refractivity contribution in [1.29, 1.82) is 0 Å². The molecule has 0 saturated heterocycles. The van der Waals surface area contributed by atoms with Gasteiger partial charge in [0.1, 0.15) is 0 Å². The van der Waals surface area contributed by atoms with Crippen molar-refractivity contribution in [1.82, 2.24) is 0 Å². The van der Waals surface area contributed by atoms with E-state index in [1.807, 2.05) is 6.92 Å². The Morgan fingerprint density at radius 1 is 0.857 bits per heavy atom. The summed E-state index contributed by atoms with van der Waals surface area (Å²) in [5.41, 5.74) is -0.0605. The lowest BCUT2D eigenvalue weighted by molar-refractivity contribution is 0.388. The highest BCUT2D eigenvalue weighted by molar-refractivity contribution is 5.91. The summed E-state index contributed by atoms with van der Waals surface area (Å²) in [6, 6.07) is 9.35. The first-order chi connectivity index (χ1) is 13.4. The summed E-state index contributed by atoms with van der Waals surface area (Å²) in [6.45, 7) is 1.99. The molecular weight excluding hydrogens is 375 g/mol. The number of ether oxygens (including phenoxy) is 1. The van der Waals surface area contributed by atoms with E-state index in [1.54, 1.807) is 12.1 Å². The van der Waals surface area contributed by atoms with Gasteiger partial charge in [-0.05, 0) is 29.5 Å². The second-order valence-electron chi connectivity index (χ2n) is 6.31. The van der Waals surface area contributed by atoms with E-state index in [4.69, 9.17) is 4.74 Å². The molecule has 0 saturated carbocycles. The third-order valence-electron chi connectivity index (χ3n) is 4.48. The highest BCUT2D eigenvalue weighted by Crippen LogP contribution is 2.36. The van der Waals surface area contributed by atoms with Gasteiger partial charge in [0.2, 0.25) is 0 Å². The summed E-state index contributed by atoms with van der Waals surface area (Å²) in [5.74, 6) is -7.56. The quantitative estimate of drug-likeness (QED) is 0.336. The monoisotopic (exact) mass is 392 g/mol. The number of methoxy groups -OCH3 is 1. The molecule has 0 unspecified atom stereocenters. The van der Waals surface area contributed by atoms with Crippen LogP contribution in [0.4, 0.5) is 22.0 Å². The first-order valence-electron chi connectivity index (χ1n) is 8.68. The molecule has 0 atom stereocenters. The molecule has 0 spiro atoms. The molecule has 0 bridgehead atoms. The van der Waals surface area contributed by atoms with Crippen LogP contribution in [0.5, 0.6) is 5.75 Å². The molecule has 0 fully saturated rings. The Bertz CT molecular complexity index is 1050. The van der Waals surface area contributed by atoms with Crippen molar-refractivity contribution in [2.75, 3.05) is 7.11 Å². The van der Waals surface area contributed by atoms with Crippen molar-refractivity contribution < 1.29 is 26.7 Å². The molecular formula is C22H17F5O. The average Bonchev–Trinajstić information content (AvgIpc) is 2.70. The van der Waals surface area contributed by atoms with Crippen LogP contribution < -0.4 is 4.74 Å². The Kier molecular flexibility index (Phi) is 5.68. The largest absolute Gasteiger partial charge is 0.494 e. The van der Waals surface area contributed by atoms with E-state index in [-0.39, 0.29) is 16.7 Å². The van der Waals surface area contributed by atoms with Crippen LogP contribution in [0.1, 0.15) is 30.0 Å². The fraction of sp³-hybridized carbons (Fsp3) is 0.182. The predicted octanol–water partition coefficient (Wildman–Crippen LogP) is 6.98. The van der Waals surface area contributed by atoms with Gasteiger partial charge < -0.3 is 4.74 Å². The van der Waals surface area contributed by atoms with Crippen LogP contribution in [-0.2, 0) is 6.42 Å². The lowest BCUT2D eigenvalue weighted by Crippen LogP contribution is -1.98. The molecule has 0 aliphatic carbocycles. The maximum Gasteiger partial charge on any atom is 0.175 e. The zero-order valence-corrected chi connectivity index (χ0v) is 15.3. The van der Waals surface area contributed by atoms with E-state index in [2.05, 4.69) is 0 Å². The average molecular weight is 392 g/mol. The highest BCUT2D eigenvalue weighted by Gasteiger charge is 2.23. The van der Waals surface area contributed by atoms with E-state index in [9.17, 15) is 22.0 Å². The minimum atomic E-state index is -1.67. The van der Waals surface area contributed by atoms with Crippen LogP contribution in [0.3, 0.4) is 0 Å². The van der Waals surface area contributed by atoms with Crippen LogP contribution in [0, 0.1) is 17.5 Å². The van der Waals surface area contributed by atoms with Crippen LogP contribution in [0.15, 0.2) is 42.5 Å². The van der Waals surface area contributed by atoms with Crippen molar-refractivity contribution in [3.05, 3.63) is 76.6 Å². The molecule has 3 rings (SSSR count). The molecule has 3 aromatic carbocycles. The van der Waals surface area contributed by atoms with Crippen molar-refractivity contribution in [2.24, 2.45) is 0 Å². The second kappa shape index (κ2) is 8.00. The van der Waals surface area contributed by atoms with Gasteiger partial charge in [0.25, 0.3) is 0 Å². The number of halogens is 5. The molecule has 28 heavy (non-hydrogen) atoms. The lowest BCUT2D eigenvalue weighted by atomic mass is 10.0. The Morgan fingerprint density at radius 2 is 1.54 bits per heavy atom. The smallest absolute Gasteiger partial charge is 0.175 e. The highest BCUT2D eigenvalue weighted by atomic mass is 19.2. The maximum absolute atomic E-state index is 14.7. The van der Waals surface area contributed by atoms with Gasteiger partial charge in [-0.1, -0.05) is 43.7 Å². The van der Waals surface area contributed by atoms with Crippen LogP contribution >= 0.6 is 0 Å². The van der Waals surface area contributed by atoms with E-state index in [1.165, 1.54) is 31.4 Å². The first-order valence-corrected chi connectivity index (χ1v) is 8.68. The Labute approximate surface area is 159 Å². The number of hydrogen-bond acceptors (Lipinski definition) is 1. The summed E-state index contributed by atoms with van der Waals surface area (Å²) >= 11 is 0. The van der Waals surface area contributed by atoms with Gasteiger partial charge in [0, 0.05) is 5.56 Å². The molecule has 1 nitrogen and oxygen atoms in total. The number of hydrogen-bond donors (Lipinski definition) is 0. The zero-order chi connectivity index (χ0) is 20.4. The Balaban J connectivity index is 2.14. The van der Waals surface area contributed by atoms with Crippen LogP contribution in [0.2, 0.25) is 0 Å². The minimum Gasteiger partial charge on any atom is -0.494 e. The Hall–Kier alpha value is -2.89. The van der Waals surface area contributed by atoms with Gasteiger partial charge >= 0.3 is 0 Å². The van der Waals surface area contributed by atoms with Gasteiger partial charge in [-0.2, -0.15) is 0 Å². The van der Waals surface area contributed by atoms with Gasteiger partial charge in [-0.3, -0.25) is 0 Å². The summed E-state index contributed by atoms with van der Waals surface area (Å²) < 4.78 is 77.0. The standard InChI is InChI=1S/C22H17F5O/c1-3-4-12-5-7-13(8-6-12)18(23)19(24)15-11-14-9-10-16(28-2)21(26)17(14)22(27)20(15)25/h5-11H,3-4H2,1-2H3. The molecule has 146 valence electrons. The topological polar surface area (TPSA) is 9.23 Å². The summed E-state index contributed by atoms with van der Waals surface area (Å²) in [6.07, 6.45) is 1.68. The third kappa shape index (κ3) is 3.46. The molecule has 0 N–H and O–H groups in total. The van der Waals surface area contributed by atoms with Gasteiger partial charge in [0.05, 0.1) is 18.1 Å². The fourth-order valence-corrected chi connectivity index (χ4v) is 3.03. The molecule has 0 heterocycles. The van der Waals surface area contributed by atoms with Crippen LogP contribution in [-0.4, -0.2) is 7.11 Å². The lowest BCUT2D eigenvalue weighted by Gasteiger charge is -2.10. The fourth-order valence-electron chi connectivity index (χ4n) is 3.03. The van der Waals surface area contributed by atoms with Crippen molar-refractivity contribution in [2.45, 2.75) is 19.8 Å². The number of benzene rings is 3. The van der Waals surface area contributed by atoms with Crippen molar-refractivity contribution in [3.8, 4) is 5.75 Å². The van der Waals surface area contributed by atoms with E-state index in [0.29, 0.717) is 0 Å². The number of fused-ring (bicyclic) bond motifs is 1. The molecule has 0 radical (unpaired) electrons. The normalized spacial score (nSPS) is 12.2. The SMILES string of the molecule is CCCc1ccc(C(F)=C(F)c2cc3ccc(OC)c(F)c3c(F)c2F)cc1. The van der Waals surface area contributed by atoms with Crippen molar-refractivity contribution in [3.63, 3.8) is 0 Å². The first kappa shape index (κ1) is 19.9. The zero-order valence-electron chi connectivity index (χ0n) is 15.3. The molecule has 0 aromatic heterocycles. The van der Waals surface area contributed by atoms with Crippen molar-refractivity contribution >= 4 is 22.4 Å². The van der Waals surface area contributed by atoms with E-state index in [0.717, 1.165) is 24.5 Å². The van der Waals surface area contributed by atoms with Gasteiger partial charge in [-0.25, -0.2) is 22.0 Å². The Morgan fingerprint density at radius 3 is 2.14 bits per heavy atom. The number of rotatable bonds is 5. The molecule has 0 aliphatic heterocycles. The van der Waals surface area contributed by atoms with Crippen LogP contribution in [0.25, 0.3) is 22.4 Å². The molecule has 3 aromatic rings. The maximum atomic E-state index is 14.7. The summed E-state index contributed by atoms with van der Waals surface area (Å²) in [4.78, 5) is 0. The molecule has 6 heteroatoms. The molecule has 0 aliphatic rings. The van der Waals surface area contributed by atoms with Gasteiger partial charge in [-0.15, -0.1) is 0 Å². The number of aryl methyl sites for hydroxylation is 1. The summed E-state index contributed by atoms with van der Waals surface area (Å²) in [7, 11) is 1.18. The van der Waals surface area contributed by atoms with E-state index < -0.39 is 40.1 Å². The second-order valence-corrected chi connectivity index (χ2v) is 6.31. The summed E-state index contributed by atoms with van der Waals surface area (Å²) in [5, 5.41) is -0.800. The van der Waals surface area contributed by atoms with E-state index >= 15 is 0 Å².